The highest BCUT2D eigenvalue weighted by atomic mass is 16.6. The number of pyridine rings is 1. The van der Waals surface area contributed by atoms with Gasteiger partial charge in [-0.25, -0.2) is 0 Å². The summed E-state index contributed by atoms with van der Waals surface area (Å²) < 4.78 is 10.6. The van der Waals surface area contributed by atoms with E-state index < -0.39 is 6.10 Å². The third kappa shape index (κ3) is 2.79. The maximum atomic E-state index is 12.0. The van der Waals surface area contributed by atoms with E-state index in [1.807, 2.05) is 30.3 Å². The smallest absolute Gasteiger partial charge is 0.251 e. The molecule has 1 N–H and O–H groups in total. The van der Waals surface area contributed by atoms with Gasteiger partial charge in [0, 0.05) is 11.6 Å². The first kappa shape index (κ1) is 13.0. The predicted molar refractivity (Wildman–Crippen MR) is 74.1 cm³/mol. The number of carbonyl (C=O) groups is 1. The van der Waals surface area contributed by atoms with Crippen LogP contribution in [0.1, 0.15) is 5.69 Å². The van der Waals surface area contributed by atoms with Crippen molar-refractivity contribution in [2.75, 3.05) is 19.8 Å². The van der Waals surface area contributed by atoms with Crippen molar-refractivity contribution in [3.63, 3.8) is 0 Å². The molecule has 0 spiro atoms. The molecule has 0 aliphatic carbocycles. The number of rotatable bonds is 3. The van der Waals surface area contributed by atoms with Crippen LogP contribution in [0.4, 0.5) is 0 Å². The summed E-state index contributed by atoms with van der Waals surface area (Å²) >= 11 is 0. The Balaban J connectivity index is 1.69. The van der Waals surface area contributed by atoms with Crippen LogP contribution in [-0.4, -0.2) is 36.8 Å². The number of hydrogen-bond donors (Lipinski definition) is 1. The van der Waals surface area contributed by atoms with Gasteiger partial charge in [-0.3, -0.25) is 9.78 Å². The first-order chi connectivity index (χ1) is 9.84. The Hall–Kier alpha value is -1.98. The minimum Gasteiger partial charge on any atom is -0.376 e. The molecule has 104 valence electrons. The molecule has 1 amide bonds. The molecule has 0 bridgehead atoms. The maximum Gasteiger partial charge on any atom is 0.251 e. The average molecular weight is 272 g/mol. The SMILES string of the molecule is O=C(NCc1nccc2ccccc12)C1COCCO1. The highest BCUT2D eigenvalue weighted by Crippen LogP contribution is 2.16. The molecule has 5 heteroatoms. The van der Waals surface area contributed by atoms with Crippen molar-refractivity contribution in [3.8, 4) is 0 Å². The first-order valence-corrected chi connectivity index (χ1v) is 6.64. The van der Waals surface area contributed by atoms with E-state index in [2.05, 4.69) is 10.3 Å². The van der Waals surface area contributed by atoms with Crippen molar-refractivity contribution < 1.29 is 14.3 Å². The Morgan fingerprint density at radius 3 is 3.05 bits per heavy atom. The molecule has 20 heavy (non-hydrogen) atoms. The van der Waals surface area contributed by atoms with Gasteiger partial charge >= 0.3 is 0 Å². The molecule has 1 aliphatic rings. The molecule has 2 aromatic rings. The summed E-state index contributed by atoms with van der Waals surface area (Å²) in [6.45, 7) is 1.72. The second-order valence-corrected chi connectivity index (χ2v) is 4.63. The van der Waals surface area contributed by atoms with Crippen LogP contribution < -0.4 is 5.32 Å². The monoisotopic (exact) mass is 272 g/mol. The molecule has 1 fully saturated rings. The fourth-order valence-corrected chi connectivity index (χ4v) is 2.25. The molecular formula is C15H16N2O3. The van der Waals surface area contributed by atoms with Gasteiger partial charge in [0.05, 0.1) is 32.1 Å². The van der Waals surface area contributed by atoms with Gasteiger partial charge in [0.15, 0.2) is 6.10 Å². The number of benzene rings is 1. The molecule has 1 aromatic heterocycles. The number of nitrogens with zero attached hydrogens (tertiary/aromatic N) is 1. The van der Waals surface area contributed by atoms with Crippen molar-refractivity contribution in [3.05, 3.63) is 42.2 Å². The van der Waals surface area contributed by atoms with Gasteiger partial charge in [0.25, 0.3) is 5.91 Å². The molecule has 1 saturated heterocycles. The molecule has 2 heterocycles. The lowest BCUT2D eigenvalue weighted by molar-refractivity contribution is -0.147. The number of aromatic nitrogens is 1. The minimum absolute atomic E-state index is 0.153. The van der Waals surface area contributed by atoms with E-state index in [0.29, 0.717) is 26.4 Å². The molecule has 1 aliphatic heterocycles. The Labute approximate surface area is 116 Å². The van der Waals surface area contributed by atoms with Crippen molar-refractivity contribution in [1.82, 2.24) is 10.3 Å². The van der Waals surface area contributed by atoms with Crippen LogP contribution in [0.2, 0.25) is 0 Å². The topological polar surface area (TPSA) is 60.5 Å². The summed E-state index contributed by atoms with van der Waals surface area (Å²) in [5, 5.41) is 5.02. The third-order valence-electron chi connectivity index (χ3n) is 3.29. The summed E-state index contributed by atoms with van der Waals surface area (Å²) in [5.41, 5.74) is 0.855. The fourth-order valence-electron chi connectivity index (χ4n) is 2.25. The first-order valence-electron chi connectivity index (χ1n) is 6.64. The normalized spacial score (nSPS) is 18.9. The predicted octanol–water partition coefficient (Wildman–Crippen LogP) is 1.27. The highest BCUT2D eigenvalue weighted by molar-refractivity contribution is 5.85. The number of carbonyl (C=O) groups excluding carboxylic acids is 1. The fraction of sp³-hybridized carbons (Fsp3) is 0.333. The second-order valence-electron chi connectivity index (χ2n) is 4.63. The zero-order chi connectivity index (χ0) is 13.8. The minimum atomic E-state index is -0.515. The van der Waals surface area contributed by atoms with Crippen LogP contribution in [0, 0.1) is 0 Å². The van der Waals surface area contributed by atoms with E-state index in [9.17, 15) is 4.79 Å². The molecule has 3 rings (SSSR count). The number of hydrogen-bond acceptors (Lipinski definition) is 4. The maximum absolute atomic E-state index is 12.0. The van der Waals surface area contributed by atoms with Gasteiger partial charge in [0.1, 0.15) is 0 Å². The largest absolute Gasteiger partial charge is 0.376 e. The molecular weight excluding hydrogens is 256 g/mol. The zero-order valence-electron chi connectivity index (χ0n) is 11.0. The quantitative estimate of drug-likeness (QED) is 0.914. The lowest BCUT2D eigenvalue weighted by Gasteiger charge is -2.22. The van der Waals surface area contributed by atoms with Gasteiger partial charge in [-0.05, 0) is 11.5 Å². The van der Waals surface area contributed by atoms with Crippen molar-refractivity contribution in [2.24, 2.45) is 0 Å². The Bertz CT molecular complexity index is 604. The number of nitrogens with one attached hydrogen (secondary N) is 1. The highest BCUT2D eigenvalue weighted by Gasteiger charge is 2.22. The Morgan fingerprint density at radius 2 is 2.20 bits per heavy atom. The van der Waals surface area contributed by atoms with Crippen LogP contribution in [0.15, 0.2) is 36.5 Å². The Morgan fingerprint density at radius 1 is 1.30 bits per heavy atom. The van der Waals surface area contributed by atoms with E-state index in [1.165, 1.54) is 0 Å². The summed E-state index contributed by atoms with van der Waals surface area (Å²) in [6, 6.07) is 9.94. The van der Waals surface area contributed by atoms with Gasteiger partial charge in [-0.1, -0.05) is 24.3 Å². The molecule has 0 saturated carbocycles. The molecule has 1 unspecified atom stereocenters. The Kier molecular flexibility index (Phi) is 3.90. The zero-order valence-corrected chi connectivity index (χ0v) is 11.0. The van der Waals surface area contributed by atoms with Crippen LogP contribution in [0.5, 0.6) is 0 Å². The van der Waals surface area contributed by atoms with E-state index in [4.69, 9.17) is 9.47 Å². The molecule has 0 radical (unpaired) electrons. The van der Waals surface area contributed by atoms with Crippen LogP contribution in [0.25, 0.3) is 10.8 Å². The van der Waals surface area contributed by atoms with Crippen molar-refractivity contribution >= 4 is 16.7 Å². The van der Waals surface area contributed by atoms with E-state index in [0.717, 1.165) is 16.5 Å². The molecule has 5 nitrogen and oxygen atoms in total. The number of ether oxygens (including phenoxy) is 2. The van der Waals surface area contributed by atoms with E-state index >= 15 is 0 Å². The van der Waals surface area contributed by atoms with E-state index in [-0.39, 0.29) is 5.91 Å². The van der Waals surface area contributed by atoms with Crippen molar-refractivity contribution in [1.29, 1.82) is 0 Å². The summed E-state index contributed by atoms with van der Waals surface area (Å²) in [7, 11) is 0. The van der Waals surface area contributed by atoms with Gasteiger partial charge in [-0.15, -0.1) is 0 Å². The number of fused-ring (bicyclic) bond motifs is 1. The van der Waals surface area contributed by atoms with Crippen LogP contribution in [0.3, 0.4) is 0 Å². The van der Waals surface area contributed by atoms with E-state index in [1.54, 1.807) is 6.20 Å². The van der Waals surface area contributed by atoms with Gasteiger partial charge in [-0.2, -0.15) is 0 Å². The van der Waals surface area contributed by atoms with Gasteiger partial charge in [0.2, 0.25) is 0 Å². The standard InChI is InChI=1S/C15H16N2O3/c18-15(14-10-19-7-8-20-14)17-9-13-12-4-2-1-3-11(12)5-6-16-13/h1-6,14H,7-10H2,(H,17,18). The van der Waals surface area contributed by atoms with Gasteiger partial charge < -0.3 is 14.8 Å². The lowest BCUT2D eigenvalue weighted by atomic mass is 10.1. The summed E-state index contributed by atoms with van der Waals surface area (Å²) in [5.74, 6) is -0.153. The average Bonchev–Trinajstić information content (AvgIpc) is 2.53. The van der Waals surface area contributed by atoms with Crippen LogP contribution >= 0.6 is 0 Å². The lowest BCUT2D eigenvalue weighted by Crippen LogP contribution is -2.42. The summed E-state index contributed by atoms with van der Waals surface area (Å²) in [4.78, 5) is 16.3. The van der Waals surface area contributed by atoms with Crippen molar-refractivity contribution in [2.45, 2.75) is 12.6 Å². The number of amides is 1. The second kappa shape index (κ2) is 5.98. The molecule has 1 aromatic carbocycles. The molecule has 1 atom stereocenters. The van der Waals surface area contributed by atoms with Crippen LogP contribution in [-0.2, 0) is 20.8 Å². The summed E-state index contributed by atoms with van der Waals surface area (Å²) in [6.07, 6.45) is 1.24. The third-order valence-corrected chi connectivity index (χ3v) is 3.29.